The van der Waals surface area contributed by atoms with Crippen molar-refractivity contribution in [2.45, 2.75) is 6.92 Å². The summed E-state index contributed by atoms with van der Waals surface area (Å²) >= 11 is 0. The minimum Gasteiger partial charge on any atom is -0.294 e. The second-order valence-corrected chi connectivity index (χ2v) is 4.34. The Bertz CT molecular complexity index is 747. The Morgan fingerprint density at radius 1 is 1.00 bits per heavy atom. The van der Waals surface area contributed by atoms with E-state index in [1.807, 2.05) is 0 Å². The molecule has 92 valence electrons. The molecule has 0 fully saturated rings. The van der Waals surface area contributed by atoms with Crippen LogP contribution in [0.25, 0.3) is 0 Å². The minimum atomic E-state index is -0.316. The number of pyridine rings is 1. The van der Waals surface area contributed by atoms with E-state index in [-0.39, 0.29) is 34.2 Å². The van der Waals surface area contributed by atoms with Crippen molar-refractivity contribution in [2.24, 2.45) is 0 Å². The molecule has 0 radical (unpaired) electrons. The highest BCUT2D eigenvalue weighted by molar-refractivity contribution is 6.30. The van der Waals surface area contributed by atoms with Crippen LogP contribution in [0.15, 0.2) is 36.5 Å². The lowest BCUT2D eigenvalue weighted by Gasteiger charge is -2.17. The van der Waals surface area contributed by atoms with Crippen LogP contribution in [0.5, 0.6) is 0 Å². The van der Waals surface area contributed by atoms with Crippen LogP contribution in [0.2, 0.25) is 0 Å². The Kier molecular flexibility index (Phi) is 2.38. The minimum absolute atomic E-state index is 0.0661. The fourth-order valence-corrected chi connectivity index (χ4v) is 2.30. The summed E-state index contributed by atoms with van der Waals surface area (Å²) in [6.45, 7) is 1.37. The Labute approximate surface area is 109 Å². The average Bonchev–Trinajstić information content (AvgIpc) is 2.44. The van der Waals surface area contributed by atoms with Gasteiger partial charge in [0.15, 0.2) is 11.6 Å². The first-order valence-corrected chi connectivity index (χ1v) is 5.79. The highest BCUT2D eigenvalue weighted by Gasteiger charge is 2.33. The van der Waals surface area contributed by atoms with Gasteiger partial charge in [-0.05, 0) is 13.0 Å². The van der Waals surface area contributed by atoms with Gasteiger partial charge >= 0.3 is 0 Å². The van der Waals surface area contributed by atoms with E-state index in [2.05, 4.69) is 4.98 Å². The van der Waals surface area contributed by atoms with E-state index in [1.54, 1.807) is 24.3 Å². The van der Waals surface area contributed by atoms with Gasteiger partial charge < -0.3 is 0 Å². The molecule has 0 bridgehead atoms. The van der Waals surface area contributed by atoms with Gasteiger partial charge in [-0.15, -0.1) is 0 Å². The third-order valence-electron chi connectivity index (χ3n) is 3.19. The molecule has 1 heterocycles. The molecule has 0 amide bonds. The number of hydrogen-bond donors (Lipinski definition) is 0. The summed E-state index contributed by atoms with van der Waals surface area (Å²) in [5, 5.41) is 0. The molecule has 0 saturated heterocycles. The highest BCUT2D eigenvalue weighted by Crippen LogP contribution is 2.28. The first-order chi connectivity index (χ1) is 9.11. The third kappa shape index (κ3) is 1.53. The molecule has 2 aromatic rings. The summed E-state index contributed by atoms with van der Waals surface area (Å²) in [4.78, 5) is 40.3. The molecule has 0 N–H and O–H groups in total. The zero-order valence-corrected chi connectivity index (χ0v) is 10.1. The molecule has 19 heavy (non-hydrogen) atoms. The second-order valence-electron chi connectivity index (χ2n) is 4.34. The number of carbonyl (C=O) groups is 3. The lowest BCUT2D eigenvalue weighted by Crippen LogP contribution is -2.24. The summed E-state index contributed by atoms with van der Waals surface area (Å²) in [7, 11) is 0. The zero-order valence-electron chi connectivity index (χ0n) is 10.1. The normalized spacial score (nSPS) is 12.9. The van der Waals surface area contributed by atoms with Gasteiger partial charge in [-0.25, -0.2) is 0 Å². The maximum atomic E-state index is 12.4. The molecule has 1 aromatic heterocycles. The summed E-state index contributed by atoms with van der Waals surface area (Å²) in [5.41, 5.74) is 1.11. The van der Waals surface area contributed by atoms with E-state index in [1.165, 1.54) is 19.2 Å². The summed E-state index contributed by atoms with van der Waals surface area (Å²) in [6, 6.07) is 8.05. The van der Waals surface area contributed by atoms with Crippen molar-refractivity contribution in [1.29, 1.82) is 0 Å². The van der Waals surface area contributed by atoms with Crippen LogP contribution in [-0.4, -0.2) is 22.3 Å². The number of rotatable bonds is 1. The van der Waals surface area contributed by atoms with Crippen LogP contribution in [0.1, 0.15) is 49.3 Å². The largest absolute Gasteiger partial charge is 0.294 e. The fourth-order valence-electron chi connectivity index (χ4n) is 2.30. The first kappa shape index (κ1) is 11.5. The molecular weight excluding hydrogens is 242 g/mol. The number of benzene rings is 1. The smallest absolute Gasteiger partial charge is 0.212 e. The molecule has 1 aliphatic rings. The Morgan fingerprint density at radius 3 is 2.26 bits per heavy atom. The van der Waals surface area contributed by atoms with Crippen LogP contribution in [0.4, 0.5) is 0 Å². The predicted octanol–water partition coefficient (Wildman–Crippen LogP) is 2.06. The van der Waals surface area contributed by atoms with Crippen molar-refractivity contribution in [3.63, 3.8) is 0 Å². The number of fused-ring (bicyclic) bond motifs is 2. The first-order valence-electron chi connectivity index (χ1n) is 5.79. The van der Waals surface area contributed by atoms with Crippen molar-refractivity contribution >= 4 is 17.3 Å². The number of nitrogens with zero attached hydrogens (tertiary/aromatic N) is 1. The molecule has 4 heteroatoms. The molecule has 1 aromatic carbocycles. The molecule has 0 saturated carbocycles. The molecule has 0 spiro atoms. The monoisotopic (exact) mass is 251 g/mol. The number of carbonyl (C=O) groups excluding carboxylic acids is 3. The predicted molar refractivity (Wildman–Crippen MR) is 67.5 cm³/mol. The average molecular weight is 251 g/mol. The van der Waals surface area contributed by atoms with Gasteiger partial charge in [-0.1, -0.05) is 24.3 Å². The zero-order chi connectivity index (χ0) is 13.6. The standard InChI is InChI=1S/C15H9NO3/c1-8(17)9-6-7-16-13-12(9)14(18)10-4-2-3-5-11(10)15(13)19/h2-7H,1H3. The maximum Gasteiger partial charge on any atom is 0.212 e. The number of aromatic nitrogens is 1. The molecule has 4 nitrogen and oxygen atoms in total. The molecule has 0 unspecified atom stereocenters. The van der Waals surface area contributed by atoms with Crippen molar-refractivity contribution in [2.75, 3.05) is 0 Å². The van der Waals surface area contributed by atoms with Gasteiger partial charge in [0.25, 0.3) is 0 Å². The molecule has 0 atom stereocenters. The Morgan fingerprint density at radius 2 is 1.63 bits per heavy atom. The number of hydrogen-bond acceptors (Lipinski definition) is 4. The van der Waals surface area contributed by atoms with Gasteiger partial charge in [-0.3, -0.25) is 19.4 Å². The molecule has 3 rings (SSSR count). The Hall–Kier alpha value is -2.62. The van der Waals surface area contributed by atoms with Crippen molar-refractivity contribution in [3.05, 3.63) is 64.5 Å². The van der Waals surface area contributed by atoms with Gasteiger partial charge in [0.05, 0.1) is 5.56 Å². The van der Waals surface area contributed by atoms with Crippen LogP contribution in [0.3, 0.4) is 0 Å². The highest BCUT2D eigenvalue weighted by atomic mass is 16.1. The second kappa shape index (κ2) is 3.95. The van der Waals surface area contributed by atoms with E-state index in [9.17, 15) is 14.4 Å². The van der Waals surface area contributed by atoms with Crippen LogP contribution < -0.4 is 0 Å². The summed E-state index contributed by atoms with van der Waals surface area (Å²) in [5.74, 6) is -0.879. The van der Waals surface area contributed by atoms with E-state index in [0.29, 0.717) is 11.1 Å². The van der Waals surface area contributed by atoms with E-state index < -0.39 is 0 Å². The van der Waals surface area contributed by atoms with Gasteiger partial charge in [0.1, 0.15) is 5.69 Å². The number of Topliss-reactive ketones (excluding diaryl/α,β-unsaturated/α-hetero) is 1. The molecule has 1 aliphatic carbocycles. The van der Waals surface area contributed by atoms with Crippen LogP contribution in [0, 0.1) is 0 Å². The van der Waals surface area contributed by atoms with Crippen molar-refractivity contribution in [1.82, 2.24) is 4.98 Å². The molecule has 0 aliphatic heterocycles. The quantitative estimate of drug-likeness (QED) is 0.621. The maximum absolute atomic E-state index is 12.4. The Balaban J connectivity index is 2.36. The topological polar surface area (TPSA) is 64.1 Å². The van der Waals surface area contributed by atoms with E-state index in [4.69, 9.17) is 0 Å². The van der Waals surface area contributed by atoms with Gasteiger partial charge in [0.2, 0.25) is 5.78 Å². The lowest BCUT2D eigenvalue weighted by molar-refractivity contribution is 0.0964. The summed E-state index contributed by atoms with van der Waals surface area (Å²) < 4.78 is 0. The van der Waals surface area contributed by atoms with E-state index in [0.717, 1.165) is 0 Å². The van der Waals surface area contributed by atoms with Crippen LogP contribution in [-0.2, 0) is 0 Å². The fraction of sp³-hybridized carbons (Fsp3) is 0.0667. The SMILES string of the molecule is CC(=O)c1ccnc2c1C(=O)c1ccccc1C2=O. The molecular formula is C15H9NO3. The number of ketones is 3. The van der Waals surface area contributed by atoms with E-state index >= 15 is 0 Å². The third-order valence-corrected chi connectivity index (χ3v) is 3.19. The van der Waals surface area contributed by atoms with Gasteiger partial charge in [0, 0.05) is 22.9 Å². The van der Waals surface area contributed by atoms with Crippen molar-refractivity contribution in [3.8, 4) is 0 Å². The summed E-state index contributed by atoms with van der Waals surface area (Å²) in [6.07, 6.45) is 1.38. The van der Waals surface area contributed by atoms with Crippen LogP contribution >= 0.6 is 0 Å². The van der Waals surface area contributed by atoms with Gasteiger partial charge in [-0.2, -0.15) is 0 Å². The van der Waals surface area contributed by atoms with Crippen molar-refractivity contribution < 1.29 is 14.4 Å². The lowest BCUT2D eigenvalue weighted by atomic mass is 9.84.